The number of aryl methyl sites for hydroxylation is 1. The zero-order valence-electron chi connectivity index (χ0n) is 23.5. The van der Waals surface area contributed by atoms with Gasteiger partial charge in [-0.25, -0.2) is 14.6 Å². The van der Waals surface area contributed by atoms with Crippen LogP contribution in [0.15, 0.2) is 52.6 Å². The summed E-state index contributed by atoms with van der Waals surface area (Å²) < 4.78 is 5.54. The number of benzene rings is 2. The minimum Gasteiger partial charge on any atom is -0.481 e. The van der Waals surface area contributed by atoms with Gasteiger partial charge in [0.05, 0.1) is 36.2 Å². The van der Waals surface area contributed by atoms with Gasteiger partial charge in [-0.05, 0) is 54.4 Å². The highest BCUT2D eigenvalue weighted by Crippen LogP contribution is 2.34. The molecule has 9 N–H and O–H groups in total. The maximum Gasteiger partial charge on any atom is 0.343 e. The van der Waals surface area contributed by atoms with Crippen LogP contribution in [0.4, 0.5) is 5.69 Å². The molecule has 1 aliphatic heterocycles. The lowest BCUT2D eigenvalue weighted by Crippen LogP contribution is -2.42. The van der Waals surface area contributed by atoms with E-state index in [0.29, 0.717) is 11.3 Å². The van der Waals surface area contributed by atoms with Crippen LogP contribution >= 0.6 is 0 Å². The van der Waals surface area contributed by atoms with E-state index in [4.69, 9.17) is 26.1 Å². The number of nitrogens with one attached hydrogen (secondary N) is 1. The third-order valence-corrected chi connectivity index (χ3v) is 6.31. The number of hydrogen-bond acceptors (Lipinski definition) is 10. The summed E-state index contributed by atoms with van der Waals surface area (Å²) >= 11 is 0. The molecule has 17 heteroatoms. The first-order valence-corrected chi connectivity index (χ1v) is 13.1. The van der Waals surface area contributed by atoms with Gasteiger partial charge in [-0.1, -0.05) is 5.16 Å². The molecule has 1 amide bonds. The lowest BCUT2D eigenvalue weighted by atomic mass is 9.87. The zero-order chi connectivity index (χ0) is 33.3. The average Bonchev–Trinajstić information content (AvgIpc) is 3.33. The molecular formula is C28H29N5O12. The fourth-order valence-corrected chi connectivity index (χ4v) is 4.40. The van der Waals surface area contributed by atoms with Crippen molar-refractivity contribution in [2.45, 2.75) is 50.2 Å². The number of hydrogen-bond donors (Lipinski definition) is 7. The maximum atomic E-state index is 12.9. The first-order chi connectivity index (χ1) is 21.1. The molecule has 1 aliphatic rings. The summed E-state index contributed by atoms with van der Waals surface area (Å²) in [6.07, 6.45) is -2.71. The van der Waals surface area contributed by atoms with Gasteiger partial charge in [0.25, 0.3) is 0 Å². The van der Waals surface area contributed by atoms with Crippen molar-refractivity contribution in [2.75, 3.05) is 0 Å². The molecule has 1 unspecified atom stereocenters. The van der Waals surface area contributed by atoms with E-state index in [1.165, 1.54) is 42.5 Å². The van der Waals surface area contributed by atoms with Crippen LogP contribution in [-0.4, -0.2) is 79.5 Å². The Balaban J connectivity index is 1.88. The minimum absolute atomic E-state index is 0.0211. The monoisotopic (exact) mass is 627 g/mol. The van der Waals surface area contributed by atoms with E-state index >= 15 is 0 Å². The molecule has 0 aromatic heterocycles. The summed E-state index contributed by atoms with van der Waals surface area (Å²) in [6.45, 7) is 0. The molecule has 0 radical (unpaired) electrons. The predicted octanol–water partition coefficient (Wildman–Crippen LogP) is 0.600. The van der Waals surface area contributed by atoms with Gasteiger partial charge in [-0.3, -0.25) is 19.2 Å². The van der Waals surface area contributed by atoms with E-state index in [-0.39, 0.29) is 47.8 Å². The van der Waals surface area contributed by atoms with Gasteiger partial charge < -0.3 is 46.8 Å². The number of rotatable bonds is 15. The van der Waals surface area contributed by atoms with Crippen LogP contribution in [0.3, 0.4) is 0 Å². The molecule has 0 aliphatic carbocycles. The van der Waals surface area contributed by atoms with E-state index in [9.17, 15) is 44.1 Å². The number of esters is 1. The topological polar surface area (TPSA) is 291 Å². The van der Waals surface area contributed by atoms with Gasteiger partial charge in [0.15, 0.2) is 11.6 Å². The molecule has 0 bridgehead atoms. The summed E-state index contributed by atoms with van der Waals surface area (Å²) in [5, 5.41) is 42.8. The van der Waals surface area contributed by atoms with Crippen LogP contribution in [0, 0.1) is 0 Å². The third-order valence-electron chi connectivity index (χ3n) is 6.31. The maximum absolute atomic E-state index is 12.9. The second-order valence-corrected chi connectivity index (χ2v) is 10.0. The van der Waals surface area contributed by atoms with Crippen LogP contribution < -0.4 is 21.5 Å². The van der Waals surface area contributed by atoms with Gasteiger partial charge >= 0.3 is 29.8 Å². The Morgan fingerprint density at radius 1 is 0.956 bits per heavy atom. The Labute approximate surface area is 254 Å². The van der Waals surface area contributed by atoms with Crippen LogP contribution in [0.5, 0.6) is 5.75 Å². The van der Waals surface area contributed by atoms with E-state index in [1.807, 2.05) is 0 Å². The van der Waals surface area contributed by atoms with Gasteiger partial charge in [-0.2, -0.15) is 0 Å². The van der Waals surface area contributed by atoms with E-state index in [0.717, 1.165) is 0 Å². The number of aliphatic carboxylic acids is 4. The van der Waals surface area contributed by atoms with Crippen LogP contribution in [0.2, 0.25) is 0 Å². The number of carboxylic acid groups (broad SMARTS) is 4. The number of guanidine groups is 1. The van der Waals surface area contributed by atoms with Crippen molar-refractivity contribution in [3.8, 4) is 5.75 Å². The highest BCUT2D eigenvalue weighted by Gasteiger charge is 2.44. The number of carbonyl (C=O) groups is 6. The molecule has 0 fully saturated rings. The Bertz CT molecular complexity index is 1550. The van der Waals surface area contributed by atoms with Crippen molar-refractivity contribution in [3.63, 3.8) is 0 Å². The Morgan fingerprint density at radius 2 is 1.60 bits per heavy atom. The number of ether oxygens (including phenoxy) is 1. The molecule has 1 atom stereocenters. The van der Waals surface area contributed by atoms with Crippen LogP contribution in [0.25, 0.3) is 0 Å². The second kappa shape index (κ2) is 14.5. The fraction of sp³-hybridized carbons (Fsp3) is 0.286. The number of carbonyl (C=O) groups excluding carboxylic acids is 2. The molecule has 0 saturated carbocycles. The van der Waals surface area contributed by atoms with Crippen LogP contribution in [0.1, 0.15) is 53.6 Å². The summed E-state index contributed by atoms with van der Waals surface area (Å²) in [5.74, 6) is -7.33. The summed E-state index contributed by atoms with van der Waals surface area (Å²) in [5.41, 5.74) is 10.3. The average molecular weight is 628 g/mol. The van der Waals surface area contributed by atoms with Crippen molar-refractivity contribution in [1.29, 1.82) is 0 Å². The summed E-state index contributed by atoms with van der Waals surface area (Å²) in [7, 11) is 0. The van der Waals surface area contributed by atoms with E-state index < -0.39 is 66.7 Å². The molecule has 2 aromatic carbocycles. The van der Waals surface area contributed by atoms with Crippen molar-refractivity contribution in [1.82, 2.24) is 5.32 Å². The molecule has 1 heterocycles. The number of aliphatic imine (C=N–C) groups is 1. The van der Waals surface area contributed by atoms with Gasteiger partial charge in [0.2, 0.25) is 5.91 Å². The Kier molecular flexibility index (Phi) is 10.8. The number of nitrogens with zero attached hydrogens (tertiary/aromatic N) is 2. The molecule has 0 spiro atoms. The molecule has 0 saturated heterocycles. The predicted molar refractivity (Wildman–Crippen MR) is 153 cm³/mol. The normalized spacial score (nSPS) is 13.8. The fourth-order valence-electron chi connectivity index (χ4n) is 4.40. The molecule has 238 valence electrons. The molecule has 2 aromatic rings. The summed E-state index contributed by atoms with van der Waals surface area (Å²) in [4.78, 5) is 79.7. The number of amides is 1. The van der Waals surface area contributed by atoms with Crippen molar-refractivity contribution in [3.05, 3.63) is 59.2 Å². The largest absolute Gasteiger partial charge is 0.481 e. The molecule has 45 heavy (non-hydrogen) atoms. The minimum atomic E-state index is -1.67. The first kappa shape index (κ1) is 33.5. The van der Waals surface area contributed by atoms with E-state index in [2.05, 4.69) is 15.5 Å². The zero-order valence-corrected chi connectivity index (χ0v) is 23.5. The quantitative estimate of drug-likeness (QED) is 0.0616. The molecule has 3 rings (SSSR count). The van der Waals surface area contributed by atoms with Gasteiger partial charge in [-0.15, -0.1) is 0 Å². The second-order valence-electron chi connectivity index (χ2n) is 10.0. The Hall–Kier alpha value is -6.00. The van der Waals surface area contributed by atoms with Crippen molar-refractivity contribution < 1.29 is 58.8 Å². The SMILES string of the molecule is NC(N)=Nc1ccc(C(=O)Oc2cc(CCC(=O)NC(CC(=O)O)C(=O)O)cc(C3=NOC(CC(=O)O)(CC(=O)O)C3)c2)cc1. The van der Waals surface area contributed by atoms with Crippen molar-refractivity contribution >= 4 is 53.1 Å². The third kappa shape index (κ3) is 10.1. The molecule has 17 nitrogen and oxygen atoms in total. The number of oxime groups is 1. The smallest absolute Gasteiger partial charge is 0.343 e. The Morgan fingerprint density at radius 3 is 2.16 bits per heavy atom. The van der Waals surface area contributed by atoms with Gasteiger partial charge in [0, 0.05) is 18.4 Å². The highest BCUT2D eigenvalue weighted by atomic mass is 16.7. The summed E-state index contributed by atoms with van der Waals surface area (Å²) in [6, 6.07) is 8.46. The highest BCUT2D eigenvalue weighted by molar-refractivity contribution is 6.03. The van der Waals surface area contributed by atoms with Crippen LogP contribution in [-0.2, 0) is 35.2 Å². The molecular weight excluding hydrogens is 598 g/mol. The van der Waals surface area contributed by atoms with Gasteiger partial charge in [0.1, 0.15) is 11.8 Å². The number of nitrogens with two attached hydrogens (primary N) is 2. The lowest BCUT2D eigenvalue weighted by molar-refractivity contribution is -0.151. The van der Waals surface area contributed by atoms with E-state index in [1.54, 1.807) is 0 Å². The number of carboxylic acids is 4. The lowest BCUT2D eigenvalue weighted by Gasteiger charge is -2.22. The van der Waals surface area contributed by atoms with Crippen molar-refractivity contribution in [2.24, 2.45) is 21.6 Å². The standard InChI is InChI=1S/C28H29N5O12/c29-27(30)31-17-4-2-15(3-5-17)26(43)44-18-8-14(1-6-21(34)32-19(25(41)42)10-22(35)36)7-16(9-18)20-11-28(45-33-20,12-23(37)38)13-24(39)40/h2-5,7-9,19H,1,6,10-13H2,(H,32,34)(H,35,36)(H,37,38)(H,39,40)(H,41,42)(H4,29,30,31). The first-order valence-electron chi connectivity index (χ1n) is 13.1.